The summed E-state index contributed by atoms with van der Waals surface area (Å²) in [5.74, 6) is -1.06. The highest BCUT2D eigenvalue weighted by Crippen LogP contribution is 2.43. The molecular formula is C36H43NO3. The van der Waals surface area contributed by atoms with E-state index in [1.165, 1.54) is 16.7 Å². The van der Waals surface area contributed by atoms with E-state index in [0.717, 1.165) is 35.2 Å². The average Bonchev–Trinajstić information content (AvgIpc) is 2.92. The smallest absolute Gasteiger partial charge is 0.335 e. The molecule has 40 heavy (non-hydrogen) atoms. The van der Waals surface area contributed by atoms with Gasteiger partial charge in [-0.2, -0.15) is 0 Å². The van der Waals surface area contributed by atoms with Gasteiger partial charge in [0.15, 0.2) is 0 Å². The van der Waals surface area contributed by atoms with Crippen molar-refractivity contribution in [3.63, 3.8) is 0 Å². The zero-order valence-corrected chi connectivity index (χ0v) is 24.9. The second-order valence-electron chi connectivity index (χ2n) is 10.4. The fraction of sp³-hybridized carbons (Fsp3) is 0.278. The van der Waals surface area contributed by atoms with E-state index in [9.17, 15) is 9.59 Å². The molecule has 0 fully saturated rings. The van der Waals surface area contributed by atoms with E-state index in [1.807, 2.05) is 81.5 Å². The number of anilines is 1. The van der Waals surface area contributed by atoms with E-state index in [-0.39, 0.29) is 11.3 Å². The van der Waals surface area contributed by atoms with E-state index in [4.69, 9.17) is 5.11 Å². The molecule has 2 aromatic carbocycles. The van der Waals surface area contributed by atoms with E-state index in [2.05, 4.69) is 51.2 Å². The molecule has 2 N–H and O–H groups in total. The van der Waals surface area contributed by atoms with E-state index < -0.39 is 5.97 Å². The number of carbonyl (C=O) groups excluding carboxylic acids is 1. The number of carbonyl (C=O) groups is 2. The first-order valence-electron chi connectivity index (χ1n) is 13.9. The number of allylic oxidation sites excluding steroid dienone is 10. The lowest BCUT2D eigenvalue weighted by Gasteiger charge is -2.34. The number of hydrogen-bond donors (Lipinski definition) is 2. The molecule has 0 atom stereocenters. The number of rotatable bonds is 8. The Kier molecular flexibility index (Phi) is 12.3. The third-order valence-electron chi connectivity index (χ3n) is 6.76. The summed E-state index contributed by atoms with van der Waals surface area (Å²) < 4.78 is 0. The number of aromatic carboxylic acids is 1. The highest BCUT2D eigenvalue weighted by Gasteiger charge is 2.28. The number of nitrogens with one attached hydrogen (secondary N) is 1. The molecule has 0 aliphatic heterocycles. The monoisotopic (exact) mass is 537 g/mol. The van der Waals surface area contributed by atoms with Crippen molar-refractivity contribution in [3.8, 4) is 0 Å². The van der Waals surface area contributed by atoms with Crippen LogP contribution in [-0.4, -0.2) is 17.0 Å². The van der Waals surface area contributed by atoms with Crippen LogP contribution in [-0.2, 0) is 4.79 Å². The zero-order chi connectivity index (χ0) is 29.7. The summed E-state index contributed by atoms with van der Waals surface area (Å²) >= 11 is 0. The summed E-state index contributed by atoms with van der Waals surface area (Å²) in [6.45, 7) is 14.7. The number of benzene rings is 2. The lowest BCUT2D eigenvalue weighted by atomic mass is 9.70. The molecule has 3 rings (SSSR count). The molecule has 2 aromatic rings. The summed E-state index contributed by atoms with van der Waals surface area (Å²) in [5.41, 5.74) is 7.98. The van der Waals surface area contributed by atoms with Crippen molar-refractivity contribution in [1.82, 2.24) is 0 Å². The zero-order valence-electron chi connectivity index (χ0n) is 24.9. The Morgan fingerprint density at radius 2 is 1.57 bits per heavy atom. The van der Waals surface area contributed by atoms with E-state index in [0.29, 0.717) is 5.56 Å². The number of hydrogen-bond acceptors (Lipinski definition) is 2. The van der Waals surface area contributed by atoms with Crippen molar-refractivity contribution in [2.45, 2.75) is 61.3 Å². The number of carboxylic acids is 1. The van der Waals surface area contributed by atoms with Crippen molar-refractivity contribution < 1.29 is 14.7 Å². The van der Waals surface area contributed by atoms with Crippen LogP contribution in [0.25, 0.3) is 6.08 Å². The largest absolute Gasteiger partial charge is 0.478 e. The second kappa shape index (κ2) is 15.4. The van der Waals surface area contributed by atoms with Crippen molar-refractivity contribution in [1.29, 1.82) is 0 Å². The Hall–Kier alpha value is -4.18. The Morgan fingerprint density at radius 3 is 2.20 bits per heavy atom. The SMILES string of the molecule is CC.CC1=C(/C=C/C(C)=C/C=C/C(C)=C\C(=O)Nc2ccccc2)C(C)(C)CC/C1=C\c1ccc(C(=O)O)cc1. The minimum absolute atomic E-state index is 0.0622. The second-order valence-corrected chi connectivity index (χ2v) is 10.4. The van der Waals surface area contributed by atoms with Crippen LogP contribution in [0.4, 0.5) is 5.69 Å². The highest BCUT2D eigenvalue weighted by atomic mass is 16.4. The third-order valence-corrected chi connectivity index (χ3v) is 6.76. The van der Waals surface area contributed by atoms with Gasteiger partial charge in [-0.15, -0.1) is 0 Å². The predicted molar refractivity (Wildman–Crippen MR) is 169 cm³/mol. The standard InChI is InChI=1S/C34H37NO3.C2H6/c1-24(10-9-11-25(2)22-32(36)35-30-12-7-6-8-13-30)14-19-31-26(3)29(20-21-34(31,4)5)23-27-15-17-28(18-16-27)33(37)38;1-2/h6-19,22-23H,20-21H2,1-5H3,(H,35,36)(H,37,38);1-2H3/b11-9+,19-14+,24-10+,25-22-,29-23+;. The molecule has 1 aliphatic rings. The Morgan fingerprint density at radius 1 is 0.925 bits per heavy atom. The van der Waals surface area contributed by atoms with Gasteiger partial charge >= 0.3 is 5.97 Å². The van der Waals surface area contributed by atoms with Crippen LogP contribution in [0.15, 0.2) is 119 Å². The molecule has 0 saturated carbocycles. The molecule has 0 heterocycles. The lowest BCUT2D eigenvalue weighted by Crippen LogP contribution is -2.20. The molecule has 4 nitrogen and oxygen atoms in total. The maximum absolute atomic E-state index is 12.2. The Bertz CT molecular complexity index is 1350. The van der Waals surface area contributed by atoms with Gasteiger partial charge in [0.1, 0.15) is 0 Å². The van der Waals surface area contributed by atoms with Gasteiger partial charge in [0, 0.05) is 11.8 Å². The maximum atomic E-state index is 12.2. The van der Waals surface area contributed by atoms with Crippen LogP contribution < -0.4 is 5.32 Å². The van der Waals surface area contributed by atoms with Crippen LogP contribution in [0.2, 0.25) is 0 Å². The normalized spacial score (nSPS) is 16.7. The molecule has 0 unspecified atom stereocenters. The van der Waals surface area contributed by atoms with Gasteiger partial charge in [-0.25, -0.2) is 4.79 Å². The van der Waals surface area contributed by atoms with Crippen molar-refractivity contribution in [2.75, 3.05) is 5.32 Å². The van der Waals surface area contributed by atoms with Gasteiger partial charge in [0.25, 0.3) is 0 Å². The quantitative estimate of drug-likeness (QED) is 0.260. The van der Waals surface area contributed by atoms with Gasteiger partial charge in [-0.1, -0.05) is 100 Å². The van der Waals surface area contributed by atoms with Crippen LogP contribution in [0.3, 0.4) is 0 Å². The molecule has 0 spiro atoms. The predicted octanol–water partition coefficient (Wildman–Crippen LogP) is 9.57. The molecule has 1 amide bonds. The minimum atomic E-state index is -0.912. The molecule has 0 aromatic heterocycles. The average molecular weight is 538 g/mol. The van der Waals surface area contributed by atoms with E-state index in [1.54, 1.807) is 18.2 Å². The number of amides is 1. The number of para-hydroxylation sites is 1. The first kappa shape index (κ1) is 32.0. The van der Waals surface area contributed by atoms with Crippen LogP contribution >= 0.6 is 0 Å². The van der Waals surface area contributed by atoms with Gasteiger partial charge in [0.05, 0.1) is 5.56 Å². The molecule has 4 heteroatoms. The Labute approximate surface area is 240 Å². The molecule has 0 saturated heterocycles. The summed E-state index contributed by atoms with van der Waals surface area (Å²) in [7, 11) is 0. The first-order valence-corrected chi connectivity index (χ1v) is 13.9. The van der Waals surface area contributed by atoms with Crippen LogP contribution in [0, 0.1) is 5.41 Å². The van der Waals surface area contributed by atoms with Crippen molar-refractivity contribution in [2.24, 2.45) is 5.41 Å². The fourth-order valence-corrected chi connectivity index (χ4v) is 4.48. The molecule has 210 valence electrons. The topological polar surface area (TPSA) is 66.4 Å². The summed E-state index contributed by atoms with van der Waals surface area (Å²) in [5, 5.41) is 12.0. The lowest BCUT2D eigenvalue weighted by molar-refractivity contribution is -0.111. The minimum Gasteiger partial charge on any atom is -0.478 e. The van der Waals surface area contributed by atoms with E-state index >= 15 is 0 Å². The third kappa shape index (κ3) is 9.85. The van der Waals surface area contributed by atoms with Crippen LogP contribution in [0.5, 0.6) is 0 Å². The van der Waals surface area contributed by atoms with Gasteiger partial charge in [-0.05, 0) is 91.1 Å². The molecule has 1 aliphatic carbocycles. The molecule has 0 radical (unpaired) electrons. The molecule has 0 bridgehead atoms. The fourth-order valence-electron chi connectivity index (χ4n) is 4.48. The van der Waals surface area contributed by atoms with Crippen LogP contribution in [0.1, 0.15) is 77.2 Å². The van der Waals surface area contributed by atoms with Gasteiger partial charge in [-0.3, -0.25) is 4.79 Å². The first-order chi connectivity index (χ1) is 19.0. The van der Waals surface area contributed by atoms with Crippen molar-refractivity contribution >= 4 is 23.6 Å². The van der Waals surface area contributed by atoms with Gasteiger partial charge in [0.2, 0.25) is 5.91 Å². The maximum Gasteiger partial charge on any atom is 0.335 e. The van der Waals surface area contributed by atoms with Crippen molar-refractivity contribution in [3.05, 3.63) is 130 Å². The molecular weight excluding hydrogens is 494 g/mol. The Balaban J connectivity index is 0.00000274. The number of carboxylic acid groups (broad SMARTS) is 1. The van der Waals surface area contributed by atoms with Gasteiger partial charge < -0.3 is 10.4 Å². The summed E-state index contributed by atoms with van der Waals surface area (Å²) in [4.78, 5) is 23.3. The summed E-state index contributed by atoms with van der Waals surface area (Å²) in [6, 6.07) is 16.4. The highest BCUT2D eigenvalue weighted by molar-refractivity contribution is 5.99. The summed E-state index contributed by atoms with van der Waals surface area (Å²) in [6.07, 6.45) is 16.0.